The van der Waals surface area contributed by atoms with Crippen LogP contribution in [0.4, 0.5) is 0 Å². The third kappa shape index (κ3) is 3.29. The second-order valence-corrected chi connectivity index (χ2v) is 5.85. The minimum Gasteiger partial charge on any atom is -0.381 e. The highest BCUT2D eigenvalue weighted by molar-refractivity contribution is 5.85. The van der Waals surface area contributed by atoms with Gasteiger partial charge in [0.25, 0.3) is 0 Å². The first-order valence-electron chi connectivity index (χ1n) is 7.72. The number of halogens is 1. The molecule has 1 aromatic rings. The second kappa shape index (κ2) is 7.95. The highest BCUT2D eigenvalue weighted by Crippen LogP contribution is 2.48. The Morgan fingerprint density at radius 2 is 1.95 bits per heavy atom. The lowest BCUT2D eigenvalue weighted by Gasteiger charge is -2.55. The summed E-state index contributed by atoms with van der Waals surface area (Å²) in [5.74, 6) is -0.105. The quantitative estimate of drug-likeness (QED) is 0.845. The van der Waals surface area contributed by atoms with E-state index in [2.05, 4.69) is 19.2 Å². The summed E-state index contributed by atoms with van der Waals surface area (Å²) in [7, 11) is 1.75. The van der Waals surface area contributed by atoms with E-state index < -0.39 is 6.04 Å². The van der Waals surface area contributed by atoms with Gasteiger partial charge in [-0.3, -0.25) is 4.79 Å². The van der Waals surface area contributed by atoms with Crippen LogP contribution in [0.2, 0.25) is 0 Å². The van der Waals surface area contributed by atoms with Gasteiger partial charge in [0.15, 0.2) is 0 Å². The number of nitrogens with one attached hydrogen (secondary N) is 1. The van der Waals surface area contributed by atoms with Gasteiger partial charge in [0.2, 0.25) is 5.91 Å². The van der Waals surface area contributed by atoms with Crippen LogP contribution in [0, 0.1) is 5.41 Å². The average molecular weight is 327 g/mol. The normalized spacial score (nSPS) is 23.8. The Morgan fingerprint density at radius 1 is 1.36 bits per heavy atom. The van der Waals surface area contributed by atoms with Crippen molar-refractivity contribution in [2.24, 2.45) is 11.1 Å². The molecule has 1 aliphatic carbocycles. The lowest BCUT2D eigenvalue weighted by molar-refractivity contribution is -0.142. The van der Waals surface area contributed by atoms with Crippen LogP contribution < -0.4 is 11.1 Å². The molecule has 0 spiro atoms. The number of rotatable bonds is 6. The van der Waals surface area contributed by atoms with Crippen LogP contribution in [0.1, 0.15) is 44.7 Å². The SMILES string of the molecule is CCC1(CC)C(NC(=O)C(N)c2ccccc2)CC1OC.Cl. The molecule has 3 N–H and O–H groups in total. The molecule has 124 valence electrons. The first-order chi connectivity index (χ1) is 10.1. The van der Waals surface area contributed by atoms with Crippen molar-refractivity contribution in [3.8, 4) is 0 Å². The number of benzene rings is 1. The van der Waals surface area contributed by atoms with Crippen molar-refractivity contribution >= 4 is 18.3 Å². The lowest BCUT2D eigenvalue weighted by atomic mass is 9.58. The van der Waals surface area contributed by atoms with Crippen molar-refractivity contribution in [2.75, 3.05) is 7.11 Å². The first kappa shape index (κ1) is 18.9. The molecule has 3 atom stereocenters. The highest BCUT2D eigenvalue weighted by atomic mass is 35.5. The number of ether oxygens (including phenoxy) is 1. The Balaban J connectivity index is 0.00000242. The molecular formula is C17H27ClN2O2. The van der Waals surface area contributed by atoms with Crippen molar-refractivity contribution < 1.29 is 9.53 Å². The molecule has 0 radical (unpaired) electrons. The number of hydrogen-bond donors (Lipinski definition) is 2. The van der Waals surface area contributed by atoms with Gasteiger partial charge < -0.3 is 15.8 Å². The highest BCUT2D eigenvalue weighted by Gasteiger charge is 2.53. The van der Waals surface area contributed by atoms with Crippen LogP contribution in [0.15, 0.2) is 30.3 Å². The van der Waals surface area contributed by atoms with E-state index in [-0.39, 0.29) is 35.9 Å². The Kier molecular flexibility index (Phi) is 6.85. The molecule has 0 aliphatic heterocycles. The fraction of sp³-hybridized carbons (Fsp3) is 0.588. The van der Waals surface area contributed by atoms with Gasteiger partial charge in [-0.25, -0.2) is 0 Å². The smallest absolute Gasteiger partial charge is 0.241 e. The number of hydrogen-bond acceptors (Lipinski definition) is 3. The molecule has 0 heterocycles. The van der Waals surface area contributed by atoms with Gasteiger partial charge in [-0.2, -0.15) is 0 Å². The van der Waals surface area contributed by atoms with E-state index in [0.29, 0.717) is 0 Å². The summed E-state index contributed by atoms with van der Waals surface area (Å²) in [4.78, 5) is 12.4. The van der Waals surface area contributed by atoms with Gasteiger partial charge in [-0.1, -0.05) is 44.2 Å². The molecule has 1 saturated carbocycles. The van der Waals surface area contributed by atoms with Gasteiger partial charge in [0.1, 0.15) is 6.04 Å². The van der Waals surface area contributed by atoms with Crippen molar-refractivity contribution in [1.82, 2.24) is 5.32 Å². The van der Waals surface area contributed by atoms with E-state index in [0.717, 1.165) is 24.8 Å². The van der Waals surface area contributed by atoms with Gasteiger partial charge >= 0.3 is 0 Å². The maximum atomic E-state index is 12.4. The summed E-state index contributed by atoms with van der Waals surface area (Å²) < 4.78 is 5.56. The first-order valence-corrected chi connectivity index (χ1v) is 7.72. The largest absolute Gasteiger partial charge is 0.381 e. The van der Waals surface area contributed by atoms with E-state index >= 15 is 0 Å². The fourth-order valence-corrected chi connectivity index (χ4v) is 3.55. The molecule has 3 unspecified atom stereocenters. The van der Waals surface area contributed by atoms with Crippen LogP contribution in [0.25, 0.3) is 0 Å². The van der Waals surface area contributed by atoms with Crippen LogP contribution in [0.3, 0.4) is 0 Å². The molecular weight excluding hydrogens is 300 g/mol. The number of carbonyl (C=O) groups is 1. The molecule has 1 fully saturated rings. The number of methoxy groups -OCH3 is 1. The van der Waals surface area contributed by atoms with Crippen molar-refractivity contribution in [3.05, 3.63) is 35.9 Å². The summed E-state index contributed by atoms with van der Waals surface area (Å²) in [5.41, 5.74) is 6.95. The minimum absolute atomic E-state index is 0. The molecule has 4 nitrogen and oxygen atoms in total. The van der Waals surface area contributed by atoms with Gasteiger partial charge in [0.05, 0.1) is 6.10 Å². The average Bonchev–Trinajstić information content (AvgIpc) is 2.52. The Labute approximate surface area is 139 Å². The van der Waals surface area contributed by atoms with Crippen LogP contribution in [-0.4, -0.2) is 25.2 Å². The predicted molar refractivity (Wildman–Crippen MR) is 91.0 cm³/mol. The molecule has 0 bridgehead atoms. The number of nitrogens with two attached hydrogens (primary N) is 1. The number of amides is 1. The minimum atomic E-state index is -0.612. The summed E-state index contributed by atoms with van der Waals surface area (Å²) in [6.07, 6.45) is 3.08. The Morgan fingerprint density at radius 3 is 2.45 bits per heavy atom. The molecule has 0 aromatic heterocycles. The second-order valence-electron chi connectivity index (χ2n) is 5.85. The summed E-state index contributed by atoms with van der Waals surface area (Å²) in [6.45, 7) is 4.32. The Hall–Kier alpha value is -1.10. The van der Waals surface area contributed by atoms with E-state index in [4.69, 9.17) is 10.5 Å². The summed E-state index contributed by atoms with van der Waals surface area (Å²) in [5, 5.41) is 3.13. The molecule has 2 rings (SSSR count). The molecule has 22 heavy (non-hydrogen) atoms. The third-order valence-electron chi connectivity index (χ3n) is 5.14. The zero-order chi connectivity index (χ0) is 15.5. The molecule has 1 aliphatic rings. The van der Waals surface area contributed by atoms with Crippen molar-refractivity contribution in [2.45, 2.75) is 51.3 Å². The standard InChI is InChI=1S/C17H26N2O2.ClH/c1-4-17(5-2)13(11-14(17)21-3)19-16(20)15(18)12-9-7-6-8-10-12;/h6-10,13-15H,4-5,11,18H2,1-3H3,(H,19,20);1H. The zero-order valence-electron chi connectivity index (χ0n) is 13.5. The monoisotopic (exact) mass is 326 g/mol. The van der Waals surface area contributed by atoms with Crippen LogP contribution >= 0.6 is 12.4 Å². The Bertz CT molecular complexity index is 477. The maximum absolute atomic E-state index is 12.4. The molecule has 1 amide bonds. The van der Waals surface area contributed by atoms with Crippen molar-refractivity contribution in [3.63, 3.8) is 0 Å². The molecule has 1 aromatic carbocycles. The number of carbonyl (C=O) groups excluding carboxylic acids is 1. The van der Waals surface area contributed by atoms with E-state index in [1.54, 1.807) is 7.11 Å². The maximum Gasteiger partial charge on any atom is 0.241 e. The van der Waals surface area contributed by atoms with Crippen molar-refractivity contribution in [1.29, 1.82) is 0 Å². The van der Waals surface area contributed by atoms with Gasteiger partial charge in [-0.05, 0) is 24.8 Å². The van der Waals surface area contributed by atoms with Gasteiger partial charge in [-0.15, -0.1) is 12.4 Å². The predicted octanol–water partition coefficient (Wildman–Crippen LogP) is 2.82. The summed E-state index contributed by atoms with van der Waals surface area (Å²) >= 11 is 0. The lowest BCUT2D eigenvalue weighted by Crippen LogP contribution is -2.64. The fourth-order valence-electron chi connectivity index (χ4n) is 3.55. The van der Waals surface area contributed by atoms with Crippen LogP contribution in [-0.2, 0) is 9.53 Å². The van der Waals surface area contributed by atoms with E-state index in [1.807, 2.05) is 30.3 Å². The third-order valence-corrected chi connectivity index (χ3v) is 5.14. The molecule has 0 saturated heterocycles. The van der Waals surface area contributed by atoms with Crippen LogP contribution in [0.5, 0.6) is 0 Å². The topological polar surface area (TPSA) is 64.4 Å². The summed E-state index contributed by atoms with van der Waals surface area (Å²) in [6, 6.07) is 9.03. The molecule has 5 heteroatoms. The van der Waals surface area contributed by atoms with Gasteiger partial charge in [0, 0.05) is 18.6 Å². The van der Waals surface area contributed by atoms with E-state index in [9.17, 15) is 4.79 Å². The van der Waals surface area contributed by atoms with E-state index in [1.165, 1.54) is 0 Å². The zero-order valence-corrected chi connectivity index (χ0v) is 14.4.